The zero-order valence-corrected chi connectivity index (χ0v) is 9.00. The van der Waals surface area contributed by atoms with Gasteiger partial charge in [-0.2, -0.15) is 0 Å². The lowest BCUT2D eigenvalue weighted by Gasteiger charge is -2.13. The standard InChI is InChI=1S/C6H14Cl2OSi/c1-10(2,8)9-6-4-3-5-7/h3-6H2,1-2H3. The van der Waals surface area contributed by atoms with Crippen LogP contribution >= 0.6 is 22.7 Å². The molecule has 4 heteroatoms. The van der Waals surface area contributed by atoms with Crippen LogP contribution in [0.2, 0.25) is 13.1 Å². The lowest BCUT2D eigenvalue weighted by molar-refractivity contribution is 0.312. The number of alkyl halides is 1. The van der Waals surface area contributed by atoms with Crippen molar-refractivity contribution in [2.75, 3.05) is 12.5 Å². The van der Waals surface area contributed by atoms with Crippen LogP contribution in [0.4, 0.5) is 0 Å². The van der Waals surface area contributed by atoms with E-state index in [0.29, 0.717) is 5.88 Å². The molecule has 0 fully saturated rings. The molecule has 0 saturated heterocycles. The van der Waals surface area contributed by atoms with Crippen LogP contribution in [0.3, 0.4) is 0 Å². The second-order valence-electron chi connectivity index (χ2n) is 2.61. The van der Waals surface area contributed by atoms with E-state index in [4.69, 9.17) is 27.1 Å². The molecule has 0 aliphatic carbocycles. The topological polar surface area (TPSA) is 9.23 Å². The van der Waals surface area contributed by atoms with Gasteiger partial charge >= 0.3 is 0 Å². The summed E-state index contributed by atoms with van der Waals surface area (Å²) in [4.78, 5) is 0. The van der Waals surface area contributed by atoms with Gasteiger partial charge < -0.3 is 4.43 Å². The van der Waals surface area contributed by atoms with E-state index >= 15 is 0 Å². The van der Waals surface area contributed by atoms with E-state index in [0.717, 1.165) is 19.4 Å². The van der Waals surface area contributed by atoms with Gasteiger partial charge in [-0.15, -0.1) is 22.7 Å². The maximum atomic E-state index is 5.90. The molecule has 1 nitrogen and oxygen atoms in total. The lowest BCUT2D eigenvalue weighted by Crippen LogP contribution is -2.22. The molecule has 0 bridgehead atoms. The highest BCUT2D eigenvalue weighted by molar-refractivity contribution is 7.15. The van der Waals surface area contributed by atoms with Crippen LogP contribution in [-0.4, -0.2) is 20.1 Å². The van der Waals surface area contributed by atoms with Gasteiger partial charge in [0, 0.05) is 12.5 Å². The first kappa shape index (κ1) is 10.8. The van der Waals surface area contributed by atoms with Crippen molar-refractivity contribution < 1.29 is 4.43 Å². The van der Waals surface area contributed by atoms with E-state index in [-0.39, 0.29) is 0 Å². The Balaban J connectivity index is 3.04. The van der Waals surface area contributed by atoms with Crippen molar-refractivity contribution in [1.82, 2.24) is 0 Å². The van der Waals surface area contributed by atoms with Crippen molar-refractivity contribution in [3.8, 4) is 0 Å². The highest BCUT2D eigenvalue weighted by Gasteiger charge is 2.16. The third-order valence-electron chi connectivity index (χ3n) is 0.973. The maximum Gasteiger partial charge on any atom is 0.283 e. The van der Waals surface area contributed by atoms with Gasteiger partial charge in [-0.25, -0.2) is 0 Å². The first-order chi connectivity index (χ1) is 4.56. The summed E-state index contributed by atoms with van der Waals surface area (Å²) < 4.78 is 5.38. The quantitative estimate of drug-likeness (QED) is 0.287. The lowest BCUT2D eigenvalue weighted by atomic mass is 10.4. The highest BCUT2D eigenvalue weighted by atomic mass is 35.6. The van der Waals surface area contributed by atoms with Crippen LogP contribution in [0, 0.1) is 0 Å². The second-order valence-corrected chi connectivity index (χ2v) is 8.73. The summed E-state index contributed by atoms with van der Waals surface area (Å²) >= 11 is 11.4. The fraction of sp³-hybridized carbons (Fsp3) is 1.00. The molecular formula is C6H14Cl2OSi. The molecule has 0 radical (unpaired) electrons. The van der Waals surface area contributed by atoms with Crippen molar-refractivity contribution in [3.05, 3.63) is 0 Å². The molecule has 0 aliphatic heterocycles. The van der Waals surface area contributed by atoms with E-state index in [1.165, 1.54) is 0 Å². The monoisotopic (exact) mass is 200 g/mol. The minimum absolute atomic E-state index is 0.716. The smallest absolute Gasteiger partial charge is 0.283 e. The van der Waals surface area contributed by atoms with Crippen LogP contribution in [0.25, 0.3) is 0 Å². The molecule has 0 atom stereocenters. The summed E-state index contributed by atoms with van der Waals surface area (Å²) in [7, 11) is -1.78. The summed E-state index contributed by atoms with van der Waals surface area (Å²) in [6.07, 6.45) is 2.04. The fourth-order valence-corrected chi connectivity index (χ4v) is 1.56. The molecule has 0 aliphatic rings. The van der Waals surface area contributed by atoms with Crippen LogP contribution in [0.15, 0.2) is 0 Å². The second kappa shape index (κ2) is 5.41. The van der Waals surface area contributed by atoms with Crippen LogP contribution < -0.4 is 0 Å². The normalized spacial score (nSPS) is 12.0. The highest BCUT2D eigenvalue weighted by Crippen LogP contribution is 2.09. The first-order valence-electron chi connectivity index (χ1n) is 3.45. The van der Waals surface area contributed by atoms with Gasteiger partial charge in [-0.3, -0.25) is 0 Å². The molecule has 0 spiro atoms. The molecule has 0 aromatic heterocycles. The van der Waals surface area contributed by atoms with Crippen LogP contribution in [0.5, 0.6) is 0 Å². The Labute approximate surface area is 73.5 Å². The number of rotatable bonds is 5. The zero-order chi connectivity index (χ0) is 8.04. The average molecular weight is 201 g/mol. The molecule has 10 heavy (non-hydrogen) atoms. The van der Waals surface area contributed by atoms with E-state index < -0.39 is 7.63 Å². The van der Waals surface area contributed by atoms with E-state index in [9.17, 15) is 0 Å². The van der Waals surface area contributed by atoms with Crippen molar-refractivity contribution in [2.45, 2.75) is 25.9 Å². The summed E-state index contributed by atoms with van der Waals surface area (Å²) in [6, 6.07) is 0. The minimum atomic E-state index is -1.78. The molecular weight excluding hydrogens is 187 g/mol. The molecule has 0 amide bonds. The van der Waals surface area contributed by atoms with Gasteiger partial charge in [0.15, 0.2) is 0 Å². The Morgan fingerprint density at radius 3 is 2.30 bits per heavy atom. The van der Waals surface area contributed by atoms with Crippen molar-refractivity contribution in [3.63, 3.8) is 0 Å². The van der Waals surface area contributed by atoms with Gasteiger partial charge in [-0.05, 0) is 25.9 Å². The maximum absolute atomic E-state index is 5.90. The third kappa shape index (κ3) is 8.76. The number of unbranched alkanes of at least 4 members (excludes halogenated alkanes) is 1. The predicted molar refractivity (Wildman–Crippen MR) is 49.2 cm³/mol. The molecule has 62 valence electrons. The van der Waals surface area contributed by atoms with Crippen molar-refractivity contribution in [1.29, 1.82) is 0 Å². The van der Waals surface area contributed by atoms with E-state index in [1.807, 2.05) is 13.1 Å². The van der Waals surface area contributed by atoms with E-state index in [2.05, 4.69) is 0 Å². The fourth-order valence-electron chi connectivity index (χ4n) is 0.511. The Bertz CT molecular complexity index is 82.3. The molecule has 0 saturated carbocycles. The summed E-state index contributed by atoms with van der Waals surface area (Å²) in [6.45, 7) is 4.69. The molecule has 0 rings (SSSR count). The molecule has 0 aromatic carbocycles. The van der Waals surface area contributed by atoms with Crippen molar-refractivity contribution >= 4 is 30.3 Å². The molecule has 0 heterocycles. The van der Waals surface area contributed by atoms with Gasteiger partial charge in [0.2, 0.25) is 0 Å². The number of hydrogen-bond acceptors (Lipinski definition) is 1. The first-order valence-corrected chi connectivity index (χ1v) is 7.90. The van der Waals surface area contributed by atoms with Crippen LogP contribution in [-0.2, 0) is 4.43 Å². The van der Waals surface area contributed by atoms with Gasteiger partial charge in [0.1, 0.15) is 0 Å². The average Bonchev–Trinajstić information content (AvgIpc) is 1.78. The summed E-state index contributed by atoms with van der Waals surface area (Å²) in [5, 5.41) is 0. The van der Waals surface area contributed by atoms with Crippen LogP contribution in [0.1, 0.15) is 12.8 Å². The number of hydrogen-bond donors (Lipinski definition) is 0. The zero-order valence-electron chi connectivity index (χ0n) is 6.49. The SMILES string of the molecule is C[Si](C)(Cl)OCCCCCl. The summed E-state index contributed by atoms with van der Waals surface area (Å²) in [5.41, 5.74) is 0. The summed E-state index contributed by atoms with van der Waals surface area (Å²) in [5.74, 6) is 0.716. The Hall–Kier alpha value is 0.757. The van der Waals surface area contributed by atoms with Gasteiger partial charge in [-0.1, -0.05) is 0 Å². The predicted octanol–water partition coefficient (Wildman–Crippen LogP) is 2.96. The number of halogens is 2. The van der Waals surface area contributed by atoms with E-state index in [1.54, 1.807) is 0 Å². The molecule has 0 aromatic rings. The Morgan fingerprint density at radius 2 is 1.90 bits per heavy atom. The molecule has 0 unspecified atom stereocenters. The van der Waals surface area contributed by atoms with Crippen molar-refractivity contribution in [2.24, 2.45) is 0 Å². The minimum Gasteiger partial charge on any atom is -0.403 e. The third-order valence-corrected chi connectivity index (χ3v) is 2.46. The Morgan fingerprint density at radius 1 is 1.30 bits per heavy atom. The van der Waals surface area contributed by atoms with Gasteiger partial charge in [0.25, 0.3) is 7.63 Å². The largest absolute Gasteiger partial charge is 0.403 e. The molecule has 0 N–H and O–H groups in total. The van der Waals surface area contributed by atoms with Gasteiger partial charge in [0.05, 0.1) is 0 Å². The Kier molecular flexibility index (Phi) is 5.82.